The molecule has 0 fully saturated rings. The van der Waals surface area contributed by atoms with E-state index < -0.39 is 0 Å². The van der Waals surface area contributed by atoms with Crippen LogP contribution in [0.4, 0.5) is 0 Å². The van der Waals surface area contributed by atoms with Gasteiger partial charge in [-0.15, -0.1) is 0 Å². The Morgan fingerprint density at radius 3 is 2.76 bits per heavy atom. The lowest BCUT2D eigenvalue weighted by Gasteiger charge is -2.14. The van der Waals surface area contributed by atoms with Gasteiger partial charge in [-0.3, -0.25) is 5.10 Å². The number of hydrogen-bond donors (Lipinski definition) is 2. The van der Waals surface area contributed by atoms with Crippen molar-refractivity contribution in [2.45, 2.75) is 26.3 Å². The Bertz CT molecular complexity index is 631. The molecule has 3 rings (SSSR count). The lowest BCUT2D eigenvalue weighted by atomic mass is 10.0. The summed E-state index contributed by atoms with van der Waals surface area (Å²) in [5.74, 6) is 0.548. The highest BCUT2D eigenvalue weighted by Gasteiger charge is 2.19. The van der Waals surface area contributed by atoms with E-state index in [0.29, 0.717) is 22.4 Å². The van der Waals surface area contributed by atoms with Crippen molar-refractivity contribution < 1.29 is 4.74 Å². The molecule has 21 heavy (non-hydrogen) atoms. The monoisotopic (exact) mass is 325 g/mol. The largest absolute Gasteiger partial charge is 0.490 e. The third-order valence-electron chi connectivity index (χ3n) is 3.53. The molecular formula is C15H17Cl2N3O. The minimum Gasteiger partial charge on any atom is -0.490 e. The number of aromatic nitrogens is 2. The van der Waals surface area contributed by atoms with Crippen LogP contribution in [0, 0.1) is 0 Å². The Labute approximate surface area is 133 Å². The molecule has 1 aliphatic heterocycles. The van der Waals surface area contributed by atoms with Crippen LogP contribution in [-0.2, 0) is 13.0 Å². The van der Waals surface area contributed by atoms with Crippen molar-refractivity contribution in [3.05, 3.63) is 33.4 Å². The summed E-state index contributed by atoms with van der Waals surface area (Å²) in [6.07, 6.45) is 1.87. The van der Waals surface area contributed by atoms with Crippen molar-refractivity contribution in [2.75, 3.05) is 13.2 Å². The molecule has 112 valence electrons. The summed E-state index contributed by atoms with van der Waals surface area (Å²) < 4.78 is 5.60. The Kier molecular flexibility index (Phi) is 4.38. The average Bonchev–Trinajstić information content (AvgIpc) is 2.90. The molecule has 0 saturated heterocycles. The van der Waals surface area contributed by atoms with Crippen LogP contribution in [0.5, 0.6) is 5.75 Å². The van der Waals surface area contributed by atoms with Crippen molar-refractivity contribution in [3.63, 3.8) is 0 Å². The van der Waals surface area contributed by atoms with E-state index in [4.69, 9.17) is 27.9 Å². The average molecular weight is 326 g/mol. The number of ether oxygens (including phenoxy) is 1. The molecule has 1 aromatic carbocycles. The van der Waals surface area contributed by atoms with E-state index in [-0.39, 0.29) is 0 Å². The lowest BCUT2D eigenvalue weighted by Crippen LogP contribution is -2.23. The van der Waals surface area contributed by atoms with Crippen LogP contribution in [0.15, 0.2) is 12.1 Å². The molecule has 0 bridgehead atoms. The number of halogens is 2. The highest BCUT2D eigenvalue weighted by atomic mass is 35.5. The molecule has 0 amide bonds. The second-order valence-electron chi connectivity index (χ2n) is 5.07. The third-order valence-corrected chi connectivity index (χ3v) is 4.09. The maximum Gasteiger partial charge on any atom is 0.156 e. The molecule has 1 aromatic heterocycles. The van der Waals surface area contributed by atoms with Crippen LogP contribution in [0.3, 0.4) is 0 Å². The van der Waals surface area contributed by atoms with Crippen LogP contribution in [0.2, 0.25) is 10.0 Å². The number of aromatic amines is 1. The van der Waals surface area contributed by atoms with Gasteiger partial charge in [-0.2, -0.15) is 5.10 Å². The van der Waals surface area contributed by atoms with Gasteiger partial charge in [-0.25, -0.2) is 0 Å². The SMILES string of the molecule is CCCOc1c(Cl)cc(-c2n[nH]c3c2CNCC3)cc1Cl. The van der Waals surface area contributed by atoms with E-state index in [0.717, 1.165) is 37.2 Å². The summed E-state index contributed by atoms with van der Waals surface area (Å²) in [5, 5.41) is 11.9. The molecule has 2 heterocycles. The predicted octanol–water partition coefficient (Wildman–Crippen LogP) is 3.82. The fraction of sp³-hybridized carbons (Fsp3) is 0.400. The molecule has 6 heteroatoms. The van der Waals surface area contributed by atoms with E-state index in [2.05, 4.69) is 15.5 Å². The molecule has 0 saturated carbocycles. The van der Waals surface area contributed by atoms with Gasteiger partial charge in [0.1, 0.15) is 0 Å². The van der Waals surface area contributed by atoms with Gasteiger partial charge in [0.2, 0.25) is 0 Å². The summed E-state index contributed by atoms with van der Waals surface area (Å²) in [6.45, 7) is 4.42. The number of rotatable bonds is 4. The van der Waals surface area contributed by atoms with Crippen LogP contribution in [0.1, 0.15) is 24.6 Å². The molecule has 2 N–H and O–H groups in total. The maximum atomic E-state index is 6.31. The first-order valence-corrected chi connectivity index (χ1v) is 7.85. The fourth-order valence-electron chi connectivity index (χ4n) is 2.50. The number of H-pyrrole nitrogens is 1. The Hall–Kier alpha value is -1.23. The smallest absolute Gasteiger partial charge is 0.156 e. The molecule has 0 aliphatic carbocycles. The second kappa shape index (κ2) is 6.26. The van der Waals surface area contributed by atoms with Gasteiger partial charge < -0.3 is 10.1 Å². The summed E-state index contributed by atoms with van der Waals surface area (Å²) in [4.78, 5) is 0. The van der Waals surface area contributed by atoms with Gasteiger partial charge in [-0.1, -0.05) is 30.1 Å². The standard InChI is InChI=1S/C15H17Cl2N3O/c1-2-5-21-15-11(16)6-9(7-12(15)17)14-10-8-18-4-3-13(10)19-20-14/h6-7,18H,2-5,8H2,1H3,(H,19,20). The normalized spacial score (nSPS) is 14.0. The maximum absolute atomic E-state index is 6.31. The molecule has 0 spiro atoms. The van der Waals surface area contributed by atoms with Gasteiger partial charge in [0, 0.05) is 36.3 Å². The minimum absolute atomic E-state index is 0.520. The molecule has 0 radical (unpaired) electrons. The summed E-state index contributed by atoms with van der Waals surface area (Å²) in [5.41, 5.74) is 4.19. The second-order valence-corrected chi connectivity index (χ2v) is 5.89. The first-order valence-electron chi connectivity index (χ1n) is 7.09. The van der Waals surface area contributed by atoms with E-state index >= 15 is 0 Å². The van der Waals surface area contributed by atoms with E-state index in [1.54, 1.807) is 0 Å². The van der Waals surface area contributed by atoms with Crippen LogP contribution in [-0.4, -0.2) is 23.3 Å². The van der Waals surface area contributed by atoms with E-state index in [1.165, 1.54) is 11.3 Å². The summed E-state index contributed by atoms with van der Waals surface area (Å²) >= 11 is 12.6. The van der Waals surface area contributed by atoms with Crippen molar-refractivity contribution in [1.82, 2.24) is 15.5 Å². The zero-order valence-electron chi connectivity index (χ0n) is 11.8. The van der Waals surface area contributed by atoms with Crippen molar-refractivity contribution in [3.8, 4) is 17.0 Å². The summed E-state index contributed by atoms with van der Waals surface area (Å²) in [7, 11) is 0. The first kappa shape index (κ1) is 14.7. The Balaban J connectivity index is 1.98. The van der Waals surface area contributed by atoms with E-state index in [1.807, 2.05) is 19.1 Å². The fourth-order valence-corrected chi connectivity index (χ4v) is 3.10. The van der Waals surface area contributed by atoms with Crippen molar-refractivity contribution in [1.29, 1.82) is 0 Å². The number of nitrogens with zero attached hydrogens (tertiary/aromatic N) is 1. The van der Waals surface area contributed by atoms with Crippen LogP contribution in [0.25, 0.3) is 11.3 Å². The topological polar surface area (TPSA) is 49.9 Å². The van der Waals surface area contributed by atoms with Gasteiger partial charge in [0.25, 0.3) is 0 Å². The molecular weight excluding hydrogens is 309 g/mol. The minimum atomic E-state index is 0.520. The van der Waals surface area contributed by atoms with Gasteiger partial charge >= 0.3 is 0 Å². The van der Waals surface area contributed by atoms with Gasteiger partial charge in [-0.05, 0) is 18.6 Å². The first-order chi connectivity index (χ1) is 10.2. The lowest BCUT2D eigenvalue weighted by molar-refractivity contribution is 0.318. The number of hydrogen-bond acceptors (Lipinski definition) is 3. The van der Waals surface area contributed by atoms with Crippen molar-refractivity contribution >= 4 is 23.2 Å². The number of fused-ring (bicyclic) bond motifs is 1. The number of nitrogens with one attached hydrogen (secondary N) is 2. The molecule has 0 atom stereocenters. The van der Waals surface area contributed by atoms with E-state index in [9.17, 15) is 0 Å². The quantitative estimate of drug-likeness (QED) is 0.898. The zero-order valence-corrected chi connectivity index (χ0v) is 13.3. The van der Waals surface area contributed by atoms with Crippen LogP contribution >= 0.6 is 23.2 Å². The molecule has 1 aliphatic rings. The van der Waals surface area contributed by atoms with Gasteiger partial charge in [0.05, 0.1) is 22.3 Å². The Morgan fingerprint density at radius 1 is 1.29 bits per heavy atom. The molecule has 0 unspecified atom stereocenters. The van der Waals surface area contributed by atoms with Crippen molar-refractivity contribution in [2.24, 2.45) is 0 Å². The third kappa shape index (κ3) is 2.89. The molecule has 2 aromatic rings. The predicted molar refractivity (Wildman–Crippen MR) is 85.2 cm³/mol. The highest BCUT2D eigenvalue weighted by Crippen LogP contribution is 2.38. The highest BCUT2D eigenvalue weighted by molar-refractivity contribution is 6.37. The number of benzene rings is 1. The zero-order chi connectivity index (χ0) is 14.8. The summed E-state index contributed by atoms with van der Waals surface area (Å²) in [6, 6.07) is 3.73. The Morgan fingerprint density at radius 2 is 2.05 bits per heavy atom. The van der Waals surface area contributed by atoms with Gasteiger partial charge in [0.15, 0.2) is 5.75 Å². The van der Waals surface area contributed by atoms with Crippen LogP contribution < -0.4 is 10.1 Å². The molecule has 4 nitrogen and oxygen atoms in total.